The number of carbonyl (C=O) groups excluding carboxylic acids is 1. The summed E-state index contributed by atoms with van der Waals surface area (Å²) in [5, 5.41) is 2.76. The second-order valence-electron chi connectivity index (χ2n) is 3.85. The van der Waals surface area contributed by atoms with Crippen molar-refractivity contribution in [3.63, 3.8) is 0 Å². The van der Waals surface area contributed by atoms with Crippen molar-refractivity contribution in [2.45, 2.75) is 6.92 Å². The Morgan fingerprint density at radius 3 is 2.89 bits per heavy atom. The number of pyridine rings is 1. The molecule has 0 saturated heterocycles. The van der Waals surface area contributed by atoms with Gasteiger partial charge in [0.2, 0.25) is 0 Å². The van der Waals surface area contributed by atoms with Crippen molar-refractivity contribution in [1.82, 2.24) is 4.98 Å². The van der Waals surface area contributed by atoms with E-state index in [9.17, 15) is 4.79 Å². The molecule has 92 valence electrons. The van der Waals surface area contributed by atoms with Gasteiger partial charge in [-0.3, -0.25) is 9.78 Å². The molecule has 2 rings (SSSR count). The summed E-state index contributed by atoms with van der Waals surface area (Å²) in [6, 6.07) is 7.19. The van der Waals surface area contributed by atoms with Crippen LogP contribution in [-0.4, -0.2) is 10.9 Å². The molecule has 0 fully saturated rings. The summed E-state index contributed by atoms with van der Waals surface area (Å²) in [6.07, 6.45) is 3.08. The van der Waals surface area contributed by atoms with Crippen molar-refractivity contribution in [1.29, 1.82) is 0 Å². The molecule has 1 heterocycles. The summed E-state index contributed by atoms with van der Waals surface area (Å²) in [5.74, 6) is -0.205. The van der Waals surface area contributed by atoms with Crippen LogP contribution in [0.1, 0.15) is 15.9 Å². The number of nitrogens with two attached hydrogens (primary N) is 1. The quantitative estimate of drug-likeness (QED) is 0.896. The zero-order valence-electron chi connectivity index (χ0n) is 9.77. The van der Waals surface area contributed by atoms with E-state index in [1.807, 2.05) is 19.1 Å². The number of carbonyl (C=O) groups is 1. The standard InChI is InChI=1S/C13H12BrN3O/c1-8-3-2-4-9(12(8)14)13(18)17-11-5-6-16-7-10(11)15/h2-7H,15H2,1H3,(H,16,17,18). The van der Waals surface area contributed by atoms with Crippen LogP contribution in [0.5, 0.6) is 0 Å². The molecule has 4 nitrogen and oxygen atoms in total. The van der Waals surface area contributed by atoms with E-state index in [-0.39, 0.29) is 5.91 Å². The number of amides is 1. The number of benzene rings is 1. The Labute approximate surface area is 113 Å². The molecule has 3 N–H and O–H groups in total. The maximum Gasteiger partial charge on any atom is 0.256 e. The van der Waals surface area contributed by atoms with Crippen LogP contribution in [0, 0.1) is 6.92 Å². The van der Waals surface area contributed by atoms with Gasteiger partial charge in [-0.15, -0.1) is 0 Å². The molecule has 0 aliphatic carbocycles. The van der Waals surface area contributed by atoms with Crippen molar-refractivity contribution in [3.05, 3.63) is 52.3 Å². The minimum atomic E-state index is -0.205. The van der Waals surface area contributed by atoms with Crippen LogP contribution in [-0.2, 0) is 0 Å². The fraction of sp³-hybridized carbons (Fsp3) is 0.0769. The SMILES string of the molecule is Cc1cccc(C(=O)Nc2ccncc2N)c1Br. The number of nitrogens with one attached hydrogen (secondary N) is 1. The van der Waals surface area contributed by atoms with Crippen molar-refractivity contribution < 1.29 is 4.79 Å². The highest BCUT2D eigenvalue weighted by atomic mass is 79.9. The first kappa shape index (κ1) is 12.6. The normalized spacial score (nSPS) is 10.1. The van der Waals surface area contributed by atoms with Gasteiger partial charge in [0.1, 0.15) is 0 Å². The molecule has 1 amide bonds. The summed E-state index contributed by atoms with van der Waals surface area (Å²) in [4.78, 5) is 16.0. The zero-order chi connectivity index (χ0) is 13.1. The van der Waals surface area contributed by atoms with Crippen molar-refractivity contribution in [2.24, 2.45) is 0 Å². The van der Waals surface area contributed by atoms with E-state index in [1.165, 1.54) is 6.20 Å². The Bertz CT molecular complexity index is 599. The smallest absolute Gasteiger partial charge is 0.256 e. The van der Waals surface area contributed by atoms with Crippen molar-refractivity contribution >= 4 is 33.2 Å². The van der Waals surface area contributed by atoms with Gasteiger partial charge < -0.3 is 11.1 Å². The van der Waals surface area contributed by atoms with Gasteiger partial charge >= 0.3 is 0 Å². The highest BCUT2D eigenvalue weighted by Crippen LogP contribution is 2.23. The van der Waals surface area contributed by atoms with E-state index in [1.54, 1.807) is 18.3 Å². The molecule has 18 heavy (non-hydrogen) atoms. The van der Waals surface area contributed by atoms with Gasteiger partial charge in [-0.25, -0.2) is 0 Å². The first-order valence-electron chi connectivity index (χ1n) is 5.35. The molecule has 0 spiro atoms. The Morgan fingerprint density at radius 2 is 2.17 bits per heavy atom. The molecule has 1 aromatic carbocycles. The van der Waals surface area contributed by atoms with Crippen molar-refractivity contribution in [3.8, 4) is 0 Å². The third-order valence-corrected chi connectivity index (χ3v) is 3.59. The number of anilines is 2. The lowest BCUT2D eigenvalue weighted by molar-refractivity contribution is 0.102. The number of aryl methyl sites for hydroxylation is 1. The average Bonchev–Trinajstić information content (AvgIpc) is 2.35. The summed E-state index contributed by atoms with van der Waals surface area (Å²) < 4.78 is 0.787. The van der Waals surface area contributed by atoms with Crippen molar-refractivity contribution in [2.75, 3.05) is 11.1 Å². The molecule has 0 saturated carbocycles. The zero-order valence-corrected chi connectivity index (χ0v) is 11.4. The maximum absolute atomic E-state index is 12.1. The Morgan fingerprint density at radius 1 is 1.39 bits per heavy atom. The fourth-order valence-electron chi connectivity index (χ4n) is 1.53. The summed E-state index contributed by atoms with van der Waals surface area (Å²) in [7, 11) is 0. The van der Waals surface area contributed by atoms with Gasteiger partial charge in [0.05, 0.1) is 23.1 Å². The summed E-state index contributed by atoms with van der Waals surface area (Å²) >= 11 is 3.41. The summed E-state index contributed by atoms with van der Waals surface area (Å²) in [5.41, 5.74) is 8.30. The molecule has 0 aliphatic heterocycles. The minimum Gasteiger partial charge on any atom is -0.396 e. The third kappa shape index (κ3) is 2.51. The third-order valence-electron chi connectivity index (χ3n) is 2.54. The van der Waals surface area contributed by atoms with E-state index < -0.39 is 0 Å². The van der Waals surface area contributed by atoms with Crippen LogP contribution in [0.3, 0.4) is 0 Å². The van der Waals surface area contributed by atoms with E-state index >= 15 is 0 Å². The molecule has 5 heteroatoms. The average molecular weight is 306 g/mol. The van der Waals surface area contributed by atoms with Gasteiger partial charge in [0.15, 0.2) is 0 Å². The van der Waals surface area contributed by atoms with E-state index in [0.717, 1.165) is 10.0 Å². The van der Waals surface area contributed by atoms with Crippen LogP contribution >= 0.6 is 15.9 Å². The molecule has 1 aromatic heterocycles. The largest absolute Gasteiger partial charge is 0.396 e. The van der Waals surface area contributed by atoms with Crippen LogP contribution in [0.25, 0.3) is 0 Å². The van der Waals surface area contributed by atoms with E-state index in [2.05, 4.69) is 26.2 Å². The lowest BCUT2D eigenvalue weighted by Gasteiger charge is -2.09. The lowest BCUT2D eigenvalue weighted by Crippen LogP contribution is -2.14. The van der Waals surface area contributed by atoms with Gasteiger partial charge in [-0.2, -0.15) is 0 Å². The molecular formula is C13H12BrN3O. The molecule has 2 aromatic rings. The second kappa shape index (κ2) is 5.18. The number of hydrogen-bond acceptors (Lipinski definition) is 3. The molecule has 0 radical (unpaired) electrons. The lowest BCUT2D eigenvalue weighted by atomic mass is 10.1. The maximum atomic E-state index is 12.1. The van der Waals surface area contributed by atoms with Gasteiger partial charge in [-0.05, 0) is 40.5 Å². The van der Waals surface area contributed by atoms with Crippen LogP contribution in [0.4, 0.5) is 11.4 Å². The molecule has 0 aliphatic rings. The Balaban J connectivity index is 2.28. The fourth-order valence-corrected chi connectivity index (χ4v) is 1.98. The first-order chi connectivity index (χ1) is 8.59. The van der Waals surface area contributed by atoms with Crippen LogP contribution in [0.2, 0.25) is 0 Å². The van der Waals surface area contributed by atoms with E-state index in [4.69, 9.17) is 5.73 Å². The minimum absolute atomic E-state index is 0.205. The highest BCUT2D eigenvalue weighted by molar-refractivity contribution is 9.10. The molecular weight excluding hydrogens is 294 g/mol. The second-order valence-corrected chi connectivity index (χ2v) is 4.65. The van der Waals surface area contributed by atoms with Crippen LogP contribution < -0.4 is 11.1 Å². The molecule has 0 unspecified atom stereocenters. The monoisotopic (exact) mass is 305 g/mol. The number of hydrogen-bond donors (Lipinski definition) is 2. The molecule has 0 bridgehead atoms. The number of aromatic nitrogens is 1. The first-order valence-corrected chi connectivity index (χ1v) is 6.15. The number of nitrogen functional groups attached to an aromatic ring is 1. The number of rotatable bonds is 2. The van der Waals surface area contributed by atoms with Crippen LogP contribution in [0.15, 0.2) is 41.1 Å². The van der Waals surface area contributed by atoms with Gasteiger partial charge in [0.25, 0.3) is 5.91 Å². The molecule has 0 atom stereocenters. The number of halogens is 1. The summed E-state index contributed by atoms with van der Waals surface area (Å²) in [6.45, 7) is 1.93. The highest BCUT2D eigenvalue weighted by Gasteiger charge is 2.12. The van der Waals surface area contributed by atoms with Gasteiger partial charge in [0, 0.05) is 10.7 Å². The Hall–Kier alpha value is -1.88. The predicted octanol–water partition coefficient (Wildman–Crippen LogP) is 2.99. The van der Waals surface area contributed by atoms with E-state index in [0.29, 0.717) is 16.9 Å². The van der Waals surface area contributed by atoms with Gasteiger partial charge in [-0.1, -0.05) is 12.1 Å². The topological polar surface area (TPSA) is 68.0 Å². The predicted molar refractivity (Wildman–Crippen MR) is 75.5 cm³/mol. The Kier molecular flexibility index (Phi) is 3.62. The number of nitrogens with zero attached hydrogens (tertiary/aromatic N) is 1.